The van der Waals surface area contributed by atoms with Crippen LogP contribution in [0.2, 0.25) is 0 Å². The fourth-order valence-electron chi connectivity index (χ4n) is 2.19. The summed E-state index contributed by atoms with van der Waals surface area (Å²) >= 11 is 0. The lowest BCUT2D eigenvalue weighted by Crippen LogP contribution is -2.25. The third-order valence-electron chi connectivity index (χ3n) is 3.29. The van der Waals surface area contributed by atoms with Gasteiger partial charge < -0.3 is 5.32 Å². The van der Waals surface area contributed by atoms with Crippen molar-refractivity contribution in [2.75, 3.05) is 6.54 Å². The van der Waals surface area contributed by atoms with Gasteiger partial charge in [-0.05, 0) is 55.6 Å². The van der Waals surface area contributed by atoms with Crippen molar-refractivity contribution in [3.05, 3.63) is 58.9 Å². The molecule has 0 aliphatic rings. The number of nitrogens with zero attached hydrogens (tertiary/aromatic N) is 2. The number of hydrogen-bond acceptors (Lipinski definition) is 3. The Kier molecular flexibility index (Phi) is 4.79. The first-order valence-electron chi connectivity index (χ1n) is 6.87. The van der Waals surface area contributed by atoms with Crippen LogP contribution in [-0.4, -0.2) is 16.5 Å². The van der Waals surface area contributed by atoms with Crippen LogP contribution in [0.25, 0.3) is 0 Å². The second-order valence-corrected chi connectivity index (χ2v) is 5.00. The first-order valence-corrected chi connectivity index (χ1v) is 6.87. The van der Waals surface area contributed by atoms with Gasteiger partial charge in [0.1, 0.15) is 11.6 Å². The van der Waals surface area contributed by atoms with Crippen LogP contribution in [0.3, 0.4) is 0 Å². The second-order valence-electron chi connectivity index (χ2n) is 5.00. The molecule has 0 bridgehead atoms. The van der Waals surface area contributed by atoms with E-state index in [2.05, 4.69) is 22.2 Å². The van der Waals surface area contributed by atoms with Crippen LogP contribution in [0.15, 0.2) is 30.6 Å². The van der Waals surface area contributed by atoms with Crippen molar-refractivity contribution in [3.8, 4) is 0 Å². The van der Waals surface area contributed by atoms with E-state index in [1.165, 1.54) is 6.07 Å². The maximum absolute atomic E-state index is 13.2. The van der Waals surface area contributed by atoms with E-state index in [9.17, 15) is 4.39 Å². The van der Waals surface area contributed by atoms with Crippen LogP contribution in [0.5, 0.6) is 0 Å². The van der Waals surface area contributed by atoms with Gasteiger partial charge in [-0.3, -0.25) is 0 Å². The largest absolute Gasteiger partial charge is 0.307 e. The summed E-state index contributed by atoms with van der Waals surface area (Å²) in [5.74, 6) is 0.582. The average molecular weight is 273 g/mol. The van der Waals surface area contributed by atoms with Crippen molar-refractivity contribution in [1.82, 2.24) is 15.3 Å². The van der Waals surface area contributed by atoms with Gasteiger partial charge >= 0.3 is 0 Å². The summed E-state index contributed by atoms with van der Waals surface area (Å²) in [4.78, 5) is 8.79. The minimum atomic E-state index is -0.196. The Morgan fingerprint density at radius 2 is 1.90 bits per heavy atom. The van der Waals surface area contributed by atoms with Crippen molar-refractivity contribution in [3.63, 3.8) is 0 Å². The van der Waals surface area contributed by atoms with Crippen LogP contribution >= 0.6 is 0 Å². The molecular weight excluding hydrogens is 253 g/mol. The summed E-state index contributed by atoms with van der Waals surface area (Å²) in [6, 6.07) is 4.95. The standard InChI is InChI=1S/C16H20FN3/c1-4-18-15(16-19-9-11(2)10-20-16)8-13-5-6-14(17)7-12(13)3/h5-7,9-10,15,18H,4,8H2,1-3H3. The van der Waals surface area contributed by atoms with Crippen molar-refractivity contribution in [1.29, 1.82) is 0 Å². The highest BCUT2D eigenvalue weighted by atomic mass is 19.1. The van der Waals surface area contributed by atoms with Crippen LogP contribution < -0.4 is 5.32 Å². The second kappa shape index (κ2) is 6.57. The van der Waals surface area contributed by atoms with Crippen LogP contribution in [0.1, 0.15) is 35.5 Å². The van der Waals surface area contributed by atoms with Gasteiger partial charge in [0.2, 0.25) is 0 Å². The molecule has 2 rings (SSSR count). The summed E-state index contributed by atoms with van der Waals surface area (Å²) < 4.78 is 13.2. The molecule has 0 fully saturated rings. The normalized spacial score (nSPS) is 12.4. The number of hydrogen-bond donors (Lipinski definition) is 1. The van der Waals surface area contributed by atoms with Gasteiger partial charge in [0, 0.05) is 12.4 Å². The first kappa shape index (κ1) is 14.6. The van der Waals surface area contributed by atoms with Crippen molar-refractivity contribution >= 4 is 0 Å². The monoisotopic (exact) mass is 273 g/mol. The number of likely N-dealkylation sites (N-methyl/N-ethyl adjacent to an activating group) is 1. The molecule has 20 heavy (non-hydrogen) atoms. The zero-order chi connectivity index (χ0) is 14.5. The minimum Gasteiger partial charge on any atom is -0.307 e. The first-order chi connectivity index (χ1) is 9.60. The van der Waals surface area contributed by atoms with E-state index in [0.29, 0.717) is 0 Å². The smallest absolute Gasteiger partial charge is 0.145 e. The number of aryl methyl sites for hydroxylation is 2. The third kappa shape index (κ3) is 3.61. The molecule has 106 valence electrons. The van der Waals surface area contributed by atoms with E-state index in [-0.39, 0.29) is 11.9 Å². The zero-order valence-corrected chi connectivity index (χ0v) is 12.2. The van der Waals surface area contributed by atoms with Crippen molar-refractivity contribution in [2.45, 2.75) is 33.2 Å². The fraction of sp³-hybridized carbons (Fsp3) is 0.375. The topological polar surface area (TPSA) is 37.8 Å². The average Bonchev–Trinajstić information content (AvgIpc) is 2.42. The van der Waals surface area contributed by atoms with E-state index >= 15 is 0 Å². The summed E-state index contributed by atoms with van der Waals surface area (Å²) in [5, 5.41) is 3.39. The van der Waals surface area contributed by atoms with Gasteiger partial charge in [-0.1, -0.05) is 13.0 Å². The molecule has 1 unspecified atom stereocenters. The molecular formula is C16H20FN3. The number of aromatic nitrogens is 2. The summed E-state index contributed by atoms with van der Waals surface area (Å²) in [5.41, 5.74) is 3.11. The number of nitrogens with one attached hydrogen (secondary N) is 1. The maximum Gasteiger partial charge on any atom is 0.145 e. The summed E-state index contributed by atoms with van der Waals surface area (Å²) in [7, 11) is 0. The molecule has 0 saturated carbocycles. The van der Waals surface area contributed by atoms with E-state index < -0.39 is 0 Å². The van der Waals surface area contributed by atoms with Gasteiger partial charge in [0.15, 0.2) is 0 Å². The molecule has 0 amide bonds. The van der Waals surface area contributed by atoms with E-state index in [1.807, 2.05) is 32.3 Å². The molecule has 0 aliphatic carbocycles. The summed E-state index contributed by atoms with van der Waals surface area (Å²) in [6.45, 7) is 6.79. The highest BCUT2D eigenvalue weighted by molar-refractivity contribution is 5.28. The molecule has 4 heteroatoms. The van der Waals surface area contributed by atoms with Crippen LogP contribution in [0, 0.1) is 19.7 Å². The Labute approximate surface area is 119 Å². The van der Waals surface area contributed by atoms with E-state index in [4.69, 9.17) is 0 Å². The Bertz CT molecular complexity index is 566. The van der Waals surface area contributed by atoms with Crippen molar-refractivity contribution < 1.29 is 4.39 Å². The van der Waals surface area contributed by atoms with Crippen LogP contribution in [-0.2, 0) is 6.42 Å². The Morgan fingerprint density at radius 1 is 1.20 bits per heavy atom. The molecule has 1 N–H and O–H groups in total. The van der Waals surface area contributed by atoms with Crippen molar-refractivity contribution in [2.24, 2.45) is 0 Å². The molecule has 0 aliphatic heterocycles. The van der Waals surface area contributed by atoms with Gasteiger partial charge in [0.05, 0.1) is 6.04 Å². The molecule has 1 atom stereocenters. The Hall–Kier alpha value is -1.81. The SMILES string of the molecule is CCNC(Cc1ccc(F)cc1C)c1ncc(C)cn1. The number of halogens is 1. The fourth-order valence-corrected chi connectivity index (χ4v) is 2.19. The molecule has 1 heterocycles. The van der Waals surface area contributed by atoms with E-state index in [1.54, 1.807) is 6.07 Å². The predicted octanol–water partition coefficient (Wildman–Crippen LogP) is 3.13. The predicted molar refractivity (Wildman–Crippen MR) is 78.0 cm³/mol. The highest BCUT2D eigenvalue weighted by Crippen LogP contribution is 2.18. The lowest BCUT2D eigenvalue weighted by molar-refractivity contribution is 0.519. The lowest BCUT2D eigenvalue weighted by Gasteiger charge is -2.18. The molecule has 1 aromatic carbocycles. The summed E-state index contributed by atoms with van der Waals surface area (Å²) in [6.07, 6.45) is 4.40. The zero-order valence-electron chi connectivity index (χ0n) is 12.2. The lowest BCUT2D eigenvalue weighted by atomic mass is 10.0. The van der Waals surface area contributed by atoms with Gasteiger partial charge in [-0.15, -0.1) is 0 Å². The van der Waals surface area contributed by atoms with E-state index in [0.717, 1.165) is 35.5 Å². The van der Waals surface area contributed by atoms with Gasteiger partial charge in [-0.25, -0.2) is 14.4 Å². The quantitative estimate of drug-likeness (QED) is 0.909. The molecule has 0 spiro atoms. The van der Waals surface area contributed by atoms with Gasteiger partial charge in [-0.2, -0.15) is 0 Å². The Morgan fingerprint density at radius 3 is 2.50 bits per heavy atom. The molecule has 3 nitrogen and oxygen atoms in total. The molecule has 0 saturated heterocycles. The third-order valence-corrected chi connectivity index (χ3v) is 3.29. The molecule has 1 aromatic heterocycles. The van der Waals surface area contributed by atoms with Crippen LogP contribution in [0.4, 0.5) is 4.39 Å². The number of rotatable bonds is 5. The minimum absolute atomic E-state index is 0.0461. The Balaban J connectivity index is 2.22. The molecule has 0 radical (unpaired) electrons. The highest BCUT2D eigenvalue weighted by Gasteiger charge is 2.15. The maximum atomic E-state index is 13.2. The molecule has 2 aromatic rings. The van der Waals surface area contributed by atoms with Gasteiger partial charge in [0.25, 0.3) is 0 Å². The number of benzene rings is 1.